The van der Waals surface area contributed by atoms with Gasteiger partial charge in [0, 0.05) is 25.2 Å². The largest absolute Gasteiger partial charge is 0.378 e. The maximum atomic E-state index is 14.3. The molecule has 3 heterocycles. The molecule has 1 N–H and O–H groups in total. The van der Waals surface area contributed by atoms with Crippen LogP contribution in [-0.2, 0) is 6.54 Å². The fourth-order valence-electron chi connectivity index (χ4n) is 4.68. The zero-order valence-corrected chi connectivity index (χ0v) is 20.0. The van der Waals surface area contributed by atoms with Crippen molar-refractivity contribution in [3.05, 3.63) is 76.5 Å². The van der Waals surface area contributed by atoms with Crippen molar-refractivity contribution in [2.45, 2.75) is 39.8 Å². The van der Waals surface area contributed by atoms with Crippen LogP contribution in [-0.4, -0.2) is 32.4 Å². The summed E-state index contributed by atoms with van der Waals surface area (Å²) in [4.78, 5) is 19.4. The molecule has 35 heavy (non-hydrogen) atoms. The monoisotopic (exact) mass is 478 g/mol. The van der Waals surface area contributed by atoms with Gasteiger partial charge in [-0.1, -0.05) is 13.0 Å². The lowest BCUT2D eigenvalue weighted by Gasteiger charge is -2.23. The number of fused-ring (bicyclic) bond motifs is 1. The van der Waals surface area contributed by atoms with Crippen molar-refractivity contribution in [1.29, 1.82) is 0 Å². The number of nitrogens with zero attached hydrogens (tertiary/aromatic N) is 5. The molecule has 2 aromatic carbocycles. The van der Waals surface area contributed by atoms with Crippen LogP contribution in [0, 0.1) is 17.6 Å². The average Bonchev–Trinajstić information content (AvgIpc) is 3.45. The lowest BCUT2D eigenvalue weighted by Crippen LogP contribution is -2.24. The third-order valence-corrected chi connectivity index (χ3v) is 6.48. The molecule has 1 aliphatic heterocycles. The van der Waals surface area contributed by atoms with E-state index in [-0.39, 0.29) is 12.6 Å². The van der Waals surface area contributed by atoms with E-state index in [0.717, 1.165) is 58.7 Å². The van der Waals surface area contributed by atoms with Crippen LogP contribution in [0.1, 0.15) is 38.9 Å². The second-order valence-corrected chi connectivity index (χ2v) is 9.41. The minimum atomic E-state index is -0.846. The second-order valence-electron chi connectivity index (χ2n) is 9.41. The maximum absolute atomic E-state index is 14.3. The molecule has 9 heteroatoms. The summed E-state index contributed by atoms with van der Waals surface area (Å²) in [5.41, 5.74) is 3.33. The van der Waals surface area contributed by atoms with E-state index in [0.29, 0.717) is 11.6 Å². The van der Waals surface area contributed by atoms with E-state index in [2.05, 4.69) is 46.7 Å². The van der Waals surface area contributed by atoms with Gasteiger partial charge in [0.2, 0.25) is 0 Å². The summed E-state index contributed by atoms with van der Waals surface area (Å²) in [6.07, 6.45) is 2.99. The average molecular weight is 479 g/mol. The first-order valence-corrected chi connectivity index (χ1v) is 11.9. The molecular formula is C26H28F2N6O. The Morgan fingerprint density at radius 1 is 1.09 bits per heavy atom. The number of nitrogens with one attached hydrogen (secondary N) is 1. The van der Waals surface area contributed by atoms with Gasteiger partial charge in [-0.25, -0.2) is 13.8 Å². The number of aromatic nitrogens is 4. The first kappa shape index (κ1) is 23.0. The van der Waals surface area contributed by atoms with Gasteiger partial charge in [-0.05, 0) is 56.5 Å². The molecule has 0 spiro atoms. The number of anilines is 2. The number of imidazole rings is 1. The molecule has 182 valence electrons. The first-order valence-electron chi connectivity index (χ1n) is 11.9. The molecule has 0 aliphatic carbocycles. The fourth-order valence-corrected chi connectivity index (χ4v) is 4.68. The van der Waals surface area contributed by atoms with Crippen LogP contribution in [0.25, 0.3) is 16.7 Å². The maximum Gasteiger partial charge on any atom is 0.271 e. The van der Waals surface area contributed by atoms with Crippen molar-refractivity contribution < 1.29 is 8.78 Å². The van der Waals surface area contributed by atoms with Crippen LogP contribution in [0.15, 0.2) is 53.6 Å². The van der Waals surface area contributed by atoms with E-state index in [1.807, 2.05) is 12.4 Å². The smallest absolute Gasteiger partial charge is 0.271 e. The van der Waals surface area contributed by atoms with Crippen LogP contribution >= 0.6 is 0 Å². The lowest BCUT2D eigenvalue weighted by atomic mass is 10.1. The highest BCUT2D eigenvalue weighted by molar-refractivity contribution is 5.97. The normalized spacial score (nSPS) is 15.9. The van der Waals surface area contributed by atoms with Gasteiger partial charge in [0.15, 0.2) is 11.6 Å². The number of hydrogen-bond donors (Lipinski definition) is 1. The van der Waals surface area contributed by atoms with Gasteiger partial charge in [0.05, 0.1) is 35.5 Å². The molecule has 4 aromatic rings. The summed E-state index contributed by atoms with van der Waals surface area (Å²) >= 11 is 0. The zero-order chi connectivity index (χ0) is 24.7. The number of rotatable bonds is 6. The number of hydrogen-bond acceptors (Lipinski definition) is 5. The Morgan fingerprint density at radius 3 is 2.54 bits per heavy atom. The molecule has 0 saturated carbocycles. The summed E-state index contributed by atoms with van der Waals surface area (Å²) in [5, 5.41) is 7.66. The van der Waals surface area contributed by atoms with Gasteiger partial charge < -0.3 is 14.8 Å². The van der Waals surface area contributed by atoms with E-state index in [1.165, 1.54) is 12.1 Å². The van der Waals surface area contributed by atoms with E-state index in [9.17, 15) is 13.6 Å². The summed E-state index contributed by atoms with van der Waals surface area (Å²) < 4.78 is 31.5. The van der Waals surface area contributed by atoms with Crippen molar-refractivity contribution in [3.63, 3.8) is 0 Å². The molecule has 0 amide bonds. The third kappa shape index (κ3) is 4.26. The van der Waals surface area contributed by atoms with Crippen LogP contribution in [0.3, 0.4) is 0 Å². The standard InChI is InChI=1S/C26H28F2N6O/c1-16(2)33-15-30-24-22(33)9-8-21(26(24)32-12-11-17(3)14-32)29-13-18-7-10-23(35)34(31-18)25-19(27)5-4-6-20(25)28/h4-10,15-17,29H,11-14H2,1-3H3/t17-/m0/s1. The highest BCUT2D eigenvalue weighted by atomic mass is 19.1. The summed E-state index contributed by atoms with van der Waals surface area (Å²) in [7, 11) is 0. The Kier molecular flexibility index (Phi) is 6.00. The molecule has 0 radical (unpaired) electrons. The van der Waals surface area contributed by atoms with E-state index in [4.69, 9.17) is 4.98 Å². The van der Waals surface area contributed by atoms with Crippen molar-refractivity contribution >= 4 is 22.4 Å². The van der Waals surface area contributed by atoms with Gasteiger partial charge in [0.1, 0.15) is 11.2 Å². The van der Waals surface area contributed by atoms with Crippen LogP contribution in [0.5, 0.6) is 0 Å². The van der Waals surface area contributed by atoms with Gasteiger partial charge in [-0.2, -0.15) is 9.78 Å². The van der Waals surface area contributed by atoms with Crippen LogP contribution in [0.2, 0.25) is 0 Å². The van der Waals surface area contributed by atoms with Gasteiger partial charge in [-0.3, -0.25) is 4.79 Å². The Balaban J connectivity index is 1.50. The third-order valence-electron chi connectivity index (χ3n) is 6.48. The van der Waals surface area contributed by atoms with Gasteiger partial charge in [-0.15, -0.1) is 0 Å². The number of halogens is 2. The van der Waals surface area contributed by atoms with E-state index in [1.54, 1.807) is 6.07 Å². The topological polar surface area (TPSA) is 68.0 Å². The highest BCUT2D eigenvalue weighted by Crippen LogP contribution is 2.37. The molecule has 7 nitrogen and oxygen atoms in total. The van der Waals surface area contributed by atoms with Crippen LogP contribution < -0.4 is 15.8 Å². The SMILES string of the molecule is CC(C)n1cnc2c(N3CC[C@H](C)C3)c(NCc3ccc(=O)n(-c4c(F)cccc4F)n3)ccc21. The Labute approximate surface area is 202 Å². The predicted octanol–water partition coefficient (Wildman–Crippen LogP) is 4.90. The summed E-state index contributed by atoms with van der Waals surface area (Å²) in [5.74, 6) is -1.10. The fraction of sp³-hybridized carbons (Fsp3) is 0.346. The summed E-state index contributed by atoms with van der Waals surface area (Å²) in [6.45, 7) is 8.66. The molecule has 1 atom stereocenters. The van der Waals surface area contributed by atoms with Crippen molar-refractivity contribution in [1.82, 2.24) is 19.3 Å². The lowest BCUT2D eigenvalue weighted by molar-refractivity contribution is 0.552. The Bertz CT molecular complexity index is 1420. The molecule has 2 aromatic heterocycles. The molecule has 1 aliphatic rings. The number of para-hydroxylation sites is 1. The molecule has 5 rings (SSSR count). The first-order chi connectivity index (χ1) is 16.8. The van der Waals surface area contributed by atoms with Crippen molar-refractivity contribution in [2.75, 3.05) is 23.3 Å². The molecule has 0 bridgehead atoms. The molecule has 1 saturated heterocycles. The molecular weight excluding hydrogens is 450 g/mol. The minimum Gasteiger partial charge on any atom is -0.378 e. The number of benzene rings is 2. The minimum absolute atomic E-state index is 0.267. The van der Waals surface area contributed by atoms with E-state index < -0.39 is 22.9 Å². The summed E-state index contributed by atoms with van der Waals surface area (Å²) in [6, 6.07) is 10.7. The quantitative estimate of drug-likeness (QED) is 0.427. The van der Waals surface area contributed by atoms with Crippen molar-refractivity contribution in [3.8, 4) is 5.69 Å². The molecule has 0 unspecified atom stereocenters. The Hall–Kier alpha value is -3.75. The van der Waals surface area contributed by atoms with Gasteiger partial charge >= 0.3 is 0 Å². The van der Waals surface area contributed by atoms with Gasteiger partial charge in [0.25, 0.3) is 5.56 Å². The zero-order valence-electron chi connectivity index (χ0n) is 20.0. The molecule has 1 fully saturated rings. The highest BCUT2D eigenvalue weighted by Gasteiger charge is 2.25. The second kappa shape index (κ2) is 9.13. The predicted molar refractivity (Wildman–Crippen MR) is 133 cm³/mol. The van der Waals surface area contributed by atoms with Crippen LogP contribution in [0.4, 0.5) is 20.2 Å². The Morgan fingerprint density at radius 2 is 1.86 bits per heavy atom. The van der Waals surface area contributed by atoms with Crippen molar-refractivity contribution in [2.24, 2.45) is 5.92 Å². The van der Waals surface area contributed by atoms with E-state index >= 15 is 0 Å².